The van der Waals surface area contributed by atoms with Crippen LogP contribution in [0.4, 0.5) is 13.2 Å². The van der Waals surface area contributed by atoms with Crippen molar-refractivity contribution in [1.82, 2.24) is 20.6 Å². The van der Waals surface area contributed by atoms with Crippen molar-refractivity contribution >= 4 is 23.1 Å². The van der Waals surface area contributed by atoms with E-state index in [4.69, 9.17) is 5.73 Å². The molecular weight excluding hydrogens is 309 g/mol. The van der Waals surface area contributed by atoms with Crippen molar-refractivity contribution < 1.29 is 18.0 Å². The number of hydrogen-bond acceptors (Lipinski definition) is 5. The number of hydrogen-bond donors (Lipinski definition) is 4. The van der Waals surface area contributed by atoms with Crippen LogP contribution in [0.3, 0.4) is 0 Å². The molecule has 0 atom stereocenters. The lowest BCUT2D eigenvalue weighted by atomic mass is 10.6. The number of rotatable bonds is 0. The molecule has 1 heterocycles. The number of nitrogens with zero attached hydrogens (tertiary/aromatic N) is 2. The first-order chi connectivity index (χ1) is 8.50. The van der Waals surface area contributed by atoms with Gasteiger partial charge in [0.05, 0.1) is 4.99 Å². The van der Waals surface area contributed by atoms with E-state index >= 15 is 0 Å². The number of alkyl halides is 3. The van der Waals surface area contributed by atoms with Gasteiger partial charge in [-0.05, 0) is 13.8 Å². The molecule has 1 rings (SSSR count). The Balaban J connectivity index is -0.000000114. The molecule has 6 N–H and O–H groups in total. The number of carbonyl (C=O) groups is 1. The fourth-order valence-corrected chi connectivity index (χ4v) is 0.469. The summed E-state index contributed by atoms with van der Waals surface area (Å²) in [5.74, 6) is 3.39. The van der Waals surface area contributed by atoms with Gasteiger partial charge in [0, 0.05) is 6.92 Å². The fraction of sp³-hybridized carbons (Fsp3) is 0.600. The Labute approximate surface area is 127 Å². The van der Waals surface area contributed by atoms with Gasteiger partial charge in [0.1, 0.15) is 5.82 Å². The van der Waals surface area contributed by atoms with Gasteiger partial charge in [-0.25, -0.2) is 10.8 Å². The summed E-state index contributed by atoms with van der Waals surface area (Å²) in [5.41, 5.74) is 6.73. The number of thiocarbonyl (C=S) groups is 1. The zero-order valence-corrected chi connectivity index (χ0v) is 11.3. The Morgan fingerprint density at radius 2 is 1.67 bits per heavy atom. The summed E-state index contributed by atoms with van der Waals surface area (Å²) in [5, 5.41) is 5.02. The van der Waals surface area contributed by atoms with E-state index in [-0.39, 0.29) is 26.6 Å². The highest BCUT2D eigenvalue weighted by atomic mass is 32.1. The number of aryl methyl sites for hydroxylation is 1. The second-order valence-corrected chi connectivity index (χ2v) is 3.70. The average Bonchev–Trinajstić information content (AvgIpc) is 2.64. The van der Waals surface area contributed by atoms with E-state index in [0.29, 0.717) is 4.99 Å². The van der Waals surface area contributed by atoms with E-state index in [2.05, 4.69) is 33.2 Å². The maximum atomic E-state index is 11.7. The molecule has 0 aromatic carbocycles. The van der Waals surface area contributed by atoms with Crippen LogP contribution in [0.25, 0.3) is 0 Å². The van der Waals surface area contributed by atoms with Crippen LogP contribution in [0.1, 0.15) is 40.3 Å². The zero-order chi connectivity index (χ0) is 15.6. The molecule has 0 unspecified atom stereocenters. The number of amides is 1. The first-order valence-corrected chi connectivity index (χ1v) is 5.11. The van der Waals surface area contributed by atoms with Crippen LogP contribution in [0, 0.1) is 6.92 Å². The highest BCUT2D eigenvalue weighted by Crippen LogP contribution is 2.25. The van der Waals surface area contributed by atoms with E-state index < -0.39 is 12.0 Å². The number of H-pyrrole nitrogens is 1. The normalized spacial score (nSPS) is 8.52. The van der Waals surface area contributed by atoms with Crippen molar-refractivity contribution in [1.29, 1.82) is 0 Å². The van der Waals surface area contributed by atoms with Gasteiger partial charge in [0.2, 0.25) is 5.91 Å². The van der Waals surface area contributed by atoms with Crippen molar-refractivity contribution in [3.8, 4) is 0 Å². The van der Waals surface area contributed by atoms with E-state index in [1.807, 2.05) is 5.43 Å². The standard InChI is InChI=1S/C4H4F3N3.C2H6N2O.C2H5NS.2CH4/c1-2-8-3(10-9-2)4(5,6)7;1-2(5)4-3;1-2(3)4;;/h1H3,(H,8,9,10);3H2,1H3,(H,4,5);1H3,(H2,3,4);2*1H4. The monoisotopic (exact) mass is 332 g/mol. The third kappa shape index (κ3) is 20.7. The predicted octanol–water partition coefficient (Wildman–Crippen LogP) is 1.69. The van der Waals surface area contributed by atoms with Crippen LogP contribution in [-0.4, -0.2) is 26.1 Å². The first kappa shape index (κ1) is 27.6. The van der Waals surface area contributed by atoms with Crippen LogP contribution < -0.4 is 17.0 Å². The summed E-state index contributed by atoms with van der Waals surface area (Å²) in [6.45, 7) is 4.43. The maximum Gasteiger partial charge on any atom is 0.453 e. The Morgan fingerprint density at radius 1 is 1.33 bits per heavy atom. The molecule has 126 valence electrons. The predicted molar refractivity (Wildman–Crippen MR) is 80.0 cm³/mol. The molecule has 1 amide bonds. The van der Waals surface area contributed by atoms with Crippen LogP contribution in [0.5, 0.6) is 0 Å². The molecule has 0 saturated carbocycles. The molecule has 11 heteroatoms. The van der Waals surface area contributed by atoms with Crippen LogP contribution >= 0.6 is 12.2 Å². The molecule has 0 aliphatic rings. The second kappa shape index (κ2) is 13.2. The molecule has 1 aromatic heterocycles. The minimum absolute atomic E-state index is 0. The van der Waals surface area contributed by atoms with Gasteiger partial charge in [-0.15, -0.1) is 5.10 Å². The lowest BCUT2D eigenvalue weighted by Gasteiger charge is -1.96. The van der Waals surface area contributed by atoms with E-state index in [9.17, 15) is 18.0 Å². The van der Waals surface area contributed by atoms with Crippen LogP contribution in [0.15, 0.2) is 0 Å². The Bertz CT molecular complexity index is 404. The fourth-order valence-electron chi connectivity index (χ4n) is 0.469. The van der Waals surface area contributed by atoms with Gasteiger partial charge in [0.15, 0.2) is 0 Å². The van der Waals surface area contributed by atoms with E-state index in [1.54, 1.807) is 6.92 Å². The number of hydrazine groups is 1. The smallest absolute Gasteiger partial charge is 0.394 e. The lowest BCUT2D eigenvalue weighted by Crippen LogP contribution is -2.26. The Morgan fingerprint density at radius 3 is 1.76 bits per heavy atom. The molecule has 0 bridgehead atoms. The third-order valence-electron chi connectivity index (χ3n) is 1.05. The first-order valence-electron chi connectivity index (χ1n) is 4.70. The minimum atomic E-state index is -4.44. The summed E-state index contributed by atoms with van der Waals surface area (Å²) < 4.78 is 35.0. The van der Waals surface area contributed by atoms with Gasteiger partial charge in [-0.2, -0.15) is 13.2 Å². The van der Waals surface area contributed by atoms with Crippen molar-refractivity contribution in [2.24, 2.45) is 11.6 Å². The number of aromatic amines is 1. The quantitative estimate of drug-likeness (QED) is 0.248. The van der Waals surface area contributed by atoms with Gasteiger partial charge >= 0.3 is 6.18 Å². The number of carbonyl (C=O) groups excluding carboxylic acids is 1. The summed E-state index contributed by atoms with van der Waals surface area (Å²) in [7, 11) is 0. The summed E-state index contributed by atoms with van der Waals surface area (Å²) in [6, 6.07) is 0. The Kier molecular flexibility index (Phi) is 17.4. The molecule has 0 fully saturated rings. The van der Waals surface area contributed by atoms with Crippen molar-refractivity contribution in [3.63, 3.8) is 0 Å². The zero-order valence-electron chi connectivity index (χ0n) is 10.5. The largest absolute Gasteiger partial charge is 0.453 e. The molecule has 1 aromatic rings. The lowest BCUT2D eigenvalue weighted by molar-refractivity contribution is -0.144. The van der Waals surface area contributed by atoms with Gasteiger partial charge in [0.25, 0.3) is 5.82 Å². The molecule has 0 aliphatic carbocycles. The van der Waals surface area contributed by atoms with Gasteiger partial charge in [-0.3, -0.25) is 15.3 Å². The molecule has 0 spiro atoms. The number of nitrogens with two attached hydrogens (primary N) is 2. The van der Waals surface area contributed by atoms with Crippen molar-refractivity contribution in [2.45, 2.75) is 41.8 Å². The topological polar surface area (TPSA) is 123 Å². The van der Waals surface area contributed by atoms with Gasteiger partial charge in [-0.1, -0.05) is 27.1 Å². The van der Waals surface area contributed by atoms with Crippen LogP contribution in [-0.2, 0) is 11.0 Å². The van der Waals surface area contributed by atoms with Gasteiger partial charge < -0.3 is 5.73 Å². The second-order valence-electron chi connectivity index (χ2n) is 3.05. The van der Waals surface area contributed by atoms with Crippen molar-refractivity contribution in [3.05, 3.63) is 11.6 Å². The average molecular weight is 332 g/mol. The highest BCUT2D eigenvalue weighted by molar-refractivity contribution is 7.80. The summed E-state index contributed by atoms with van der Waals surface area (Å²) >= 11 is 4.31. The molecule has 0 aliphatic heterocycles. The number of aromatic nitrogens is 3. The molecule has 0 saturated heterocycles. The van der Waals surface area contributed by atoms with Crippen molar-refractivity contribution in [2.75, 3.05) is 0 Å². The molecule has 0 radical (unpaired) electrons. The summed E-state index contributed by atoms with van der Waals surface area (Å²) in [4.78, 5) is 13.2. The molecule has 21 heavy (non-hydrogen) atoms. The number of halogens is 3. The number of nitrogens with one attached hydrogen (secondary N) is 2. The Hall–Kier alpha value is -1.75. The maximum absolute atomic E-state index is 11.7. The molecular formula is C10H23F3N6OS. The van der Waals surface area contributed by atoms with E-state index in [0.717, 1.165) is 0 Å². The van der Waals surface area contributed by atoms with E-state index in [1.165, 1.54) is 13.8 Å². The minimum Gasteiger partial charge on any atom is -0.394 e. The SMILES string of the molecule is C.C.CC(=O)NN.CC(N)=S.Cc1nc(C(F)(F)F)n[nH]1. The van der Waals surface area contributed by atoms with Crippen LogP contribution in [0.2, 0.25) is 0 Å². The summed E-state index contributed by atoms with van der Waals surface area (Å²) in [6.07, 6.45) is -4.44. The third-order valence-corrected chi connectivity index (χ3v) is 1.05. The highest BCUT2D eigenvalue weighted by Gasteiger charge is 2.35. The molecule has 7 nitrogen and oxygen atoms in total.